The molecule has 3 aliphatic carbocycles. The lowest BCUT2D eigenvalue weighted by Crippen LogP contribution is -2.26. The molecule has 0 aliphatic heterocycles. The molecule has 1 nitrogen and oxygen atoms in total. The number of aryl methyl sites for hydroxylation is 1. The Bertz CT molecular complexity index is 2790. The summed E-state index contributed by atoms with van der Waals surface area (Å²) in [6.07, 6.45) is 6.91. The number of nitrogens with zero attached hydrogens (tertiary/aromatic N) is 1. The van der Waals surface area contributed by atoms with Gasteiger partial charge >= 0.3 is 0 Å². The molecule has 246 valence electrons. The summed E-state index contributed by atoms with van der Waals surface area (Å²) < 4.78 is 2.55. The fraction of sp³-hybridized carbons (Fsp3) is 0.0980. The van der Waals surface area contributed by atoms with E-state index >= 15 is 0 Å². The van der Waals surface area contributed by atoms with E-state index in [1.165, 1.54) is 105 Å². The number of allylic oxidation sites excluding steroid dienone is 4. The highest BCUT2D eigenvalue weighted by Gasteiger charge is 2.53. The number of aromatic nitrogens is 1. The molecule has 0 N–H and O–H groups in total. The highest BCUT2D eigenvalue weighted by Crippen LogP contribution is 2.64. The third-order valence-electron chi connectivity index (χ3n) is 12.2. The van der Waals surface area contributed by atoms with Crippen LogP contribution < -0.4 is 0 Å². The smallest absolute Gasteiger partial charge is 0.0746 e. The van der Waals surface area contributed by atoms with Gasteiger partial charge < -0.3 is 4.57 Å². The lowest BCUT2D eigenvalue weighted by molar-refractivity contribution is 0.797. The molecular formula is C51H37N. The number of rotatable bonds is 3. The van der Waals surface area contributed by atoms with Crippen LogP contribution in [0.25, 0.3) is 66.4 Å². The average Bonchev–Trinajstić information content (AvgIpc) is 3.80. The fourth-order valence-corrected chi connectivity index (χ4v) is 9.90. The van der Waals surface area contributed by atoms with Crippen LogP contribution in [-0.4, -0.2) is 4.57 Å². The maximum Gasteiger partial charge on any atom is 0.0746 e. The summed E-state index contributed by atoms with van der Waals surface area (Å²) >= 11 is 0. The number of hydrogen-bond donors (Lipinski definition) is 0. The minimum Gasteiger partial charge on any atom is -0.309 e. The second kappa shape index (κ2) is 10.9. The van der Waals surface area contributed by atoms with E-state index in [-0.39, 0.29) is 0 Å². The van der Waals surface area contributed by atoms with Crippen molar-refractivity contribution in [2.24, 2.45) is 0 Å². The van der Waals surface area contributed by atoms with Crippen LogP contribution >= 0.6 is 0 Å². The van der Waals surface area contributed by atoms with Crippen molar-refractivity contribution in [3.63, 3.8) is 0 Å². The molecule has 8 aromatic rings. The van der Waals surface area contributed by atoms with Gasteiger partial charge in [0, 0.05) is 22.0 Å². The Morgan fingerprint density at radius 3 is 1.83 bits per heavy atom. The fourth-order valence-electron chi connectivity index (χ4n) is 9.90. The quantitative estimate of drug-likeness (QED) is 0.177. The van der Waals surface area contributed by atoms with E-state index in [0.29, 0.717) is 0 Å². The zero-order valence-corrected chi connectivity index (χ0v) is 29.4. The van der Waals surface area contributed by atoms with Crippen LogP contribution in [0.3, 0.4) is 0 Å². The molecule has 0 unspecified atom stereocenters. The molecule has 11 rings (SSSR count). The third-order valence-corrected chi connectivity index (χ3v) is 12.2. The molecule has 1 aromatic heterocycles. The summed E-state index contributed by atoms with van der Waals surface area (Å²) in [5, 5.41) is 2.56. The highest BCUT2D eigenvalue weighted by molar-refractivity contribution is 6.15. The molecule has 0 saturated carbocycles. The summed E-state index contributed by atoms with van der Waals surface area (Å²) in [6.45, 7) is 4.53. The van der Waals surface area contributed by atoms with E-state index in [1.54, 1.807) is 0 Å². The number of hydrogen-bond acceptors (Lipinski definition) is 0. The van der Waals surface area contributed by atoms with E-state index in [4.69, 9.17) is 0 Å². The van der Waals surface area contributed by atoms with Gasteiger partial charge in [0.05, 0.1) is 16.4 Å². The maximum absolute atomic E-state index is 2.55. The SMILES string of the molecule is CC1=C(c2cc(-c3ccc4c(c3)c3ccc5c(c3n4-c3ccccc3)C3(c4ccccc4-c4ccccc43)c3ccccc3-5)ccc2C)C=CCC1. The first kappa shape index (κ1) is 29.5. The van der Waals surface area contributed by atoms with Crippen LogP contribution in [0, 0.1) is 6.92 Å². The molecule has 7 aromatic carbocycles. The van der Waals surface area contributed by atoms with Crippen molar-refractivity contribution in [1.82, 2.24) is 4.57 Å². The van der Waals surface area contributed by atoms with E-state index in [2.05, 4.69) is 182 Å². The van der Waals surface area contributed by atoms with Gasteiger partial charge in [0.15, 0.2) is 0 Å². The first-order chi connectivity index (χ1) is 25.6. The Morgan fingerprint density at radius 2 is 1.13 bits per heavy atom. The van der Waals surface area contributed by atoms with Crippen molar-refractivity contribution in [2.45, 2.75) is 32.1 Å². The van der Waals surface area contributed by atoms with Crippen molar-refractivity contribution >= 4 is 27.4 Å². The maximum atomic E-state index is 2.55. The lowest BCUT2D eigenvalue weighted by atomic mass is 9.70. The topological polar surface area (TPSA) is 4.93 Å². The predicted molar refractivity (Wildman–Crippen MR) is 218 cm³/mol. The summed E-state index contributed by atoms with van der Waals surface area (Å²) in [5.74, 6) is 0. The van der Waals surface area contributed by atoms with Gasteiger partial charge in [-0.05, 0) is 124 Å². The standard InChI is InChI=1S/C51H37N/c1-32-14-6-7-17-37(32)43-30-34(25-24-33(43)2)35-26-29-48-44(31-35)42-28-27-41-40-20-10-13-23-47(40)51(49(41)50(42)52(48)36-15-4-3-5-16-36)45-21-11-8-18-38(45)39-19-9-12-22-46(39)51/h3-5,7-13,15-31H,6,14H2,1-2H3. The molecular weight excluding hydrogens is 627 g/mol. The Kier molecular flexibility index (Phi) is 6.20. The molecule has 0 bridgehead atoms. The number of para-hydroxylation sites is 1. The summed E-state index contributed by atoms with van der Waals surface area (Å²) in [6, 6.07) is 57.3. The molecule has 0 saturated heterocycles. The molecule has 1 spiro atoms. The zero-order chi connectivity index (χ0) is 34.6. The Morgan fingerprint density at radius 1 is 0.519 bits per heavy atom. The van der Waals surface area contributed by atoms with E-state index in [1.807, 2.05) is 0 Å². The van der Waals surface area contributed by atoms with Crippen LogP contribution in [0.2, 0.25) is 0 Å². The molecule has 0 fully saturated rings. The second-order valence-electron chi connectivity index (χ2n) is 14.8. The average molecular weight is 664 g/mol. The Balaban J connectivity index is 1.25. The van der Waals surface area contributed by atoms with Gasteiger partial charge in [0.2, 0.25) is 0 Å². The van der Waals surface area contributed by atoms with Crippen LogP contribution in [-0.2, 0) is 5.41 Å². The third kappa shape index (κ3) is 3.83. The van der Waals surface area contributed by atoms with Gasteiger partial charge in [-0.1, -0.05) is 139 Å². The van der Waals surface area contributed by atoms with Crippen molar-refractivity contribution < 1.29 is 0 Å². The normalized spacial score (nSPS) is 15.0. The molecule has 0 atom stereocenters. The molecule has 0 amide bonds. The lowest BCUT2D eigenvalue weighted by Gasteiger charge is -2.31. The van der Waals surface area contributed by atoms with Crippen molar-refractivity contribution in [2.75, 3.05) is 0 Å². The van der Waals surface area contributed by atoms with E-state index in [0.717, 1.165) is 12.8 Å². The largest absolute Gasteiger partial charge is 0.309 e. The zero-order valence-electron chi connectivity index (χ0n) is 29.4. The second-order valence-corrected chi connectivity index (χ2v) is 14.8. The Labute approximate surface area is 304 Å². The number of benzene rings is 7. The number of fused-ring (bicyclic) bond motifs is 14. The monoisotopic (exact) mass is 663 g/mol. The first-order valence-electron chi connectivity index (χ1n) is 18.6. The Hall–Kier alpha value is -6.18. The van der Waals surface area contributed by atoms with Crippen molar-refractivity contribution in [1.29, 1.82) is 0 Å². The van der Waals surface area contributed by atoms with Gasteiger partial charge in [-0.2, -0.15) is 0 Å². The minimum absolute atomic E-state index is 0.437. The van der Waals surface area contributed by atoms with Crippen LogP contribution in [0.4, 0.5) is 0 Å². The van der Waals surface area contributed by atoms with E-state index < -0.39 is 5.41 Å². The first-order valence-corrected chi connectivity index (χ1v) is 18.6. The van der Waals surface area contributed by atoms with Gasteiger partial charge in [-0.15, -0.1) is 0 Å². The summed E-state index contributed by atoms with van der Waals surface area (Å²) in [4.78, 5) is 0. The van der Waals surface area contributed by atoms with Crippen molar-refractivity contribution in [3.8, 4) is 39.1 Å². The van der Waals surface area contributed by atoms with Gasteiger partial charge in [0.1, 0.15) is 0 Å². The van der Waals surface area contributed by atoms with Gasteiger partial charge in [-0.3, -0.25) is 0 Å². The van der Waals surface area contributed by atoms with Crippen molar-refractivity contribution in [3.05, 3.63) is 203 Å². The van der Waals surface area contributed by atoms with Crippen LogP contribution in [0.5, 0.6) is 0 Å². The molecule has 1 heterocycles. The summed E-state index contributed by atoms with van der Waals surface area (Å²) in [7, 11) is 0. The molecule has 52 heavy (non-hydrogen) atoms. The summed E-state index contributed by atoms with van der Waals surface area (Å²) in [5.41, 5.74) is 22.1. The van der Waals surface area contributed by atoms with Gasteiger partial charge in [-0.25, -0.2) is 0 Å². The van der Waals surface area contributed by atoms with Gasteiger partial charge in [0.25, 0.3) is 0 Å². The molecule has 0 radical (unpaired) electrons. The van der Waals surface area contributed by atoms with Crippen LogP contribution in [0.1, 0.15) is 53.1 Å². The molecule has 1 heteroatoms. The van der Waals surface area contributed by atoms with E-state index in [9.17, 15) is 0 Å². The van der Waals surface area contributed by atoms with Crippen LogP contribution in [0.15, 0.2) is 169 Å². The minimum atomic E-state index is -0.437. The molecule has 3 aliphatic rings. The predicted octanol–water partition coefficient (Wildman–Crippen LogP) is 13.2. The highest BCUT2D eigenvalue weighted by atomic mass is 15.0.